The Labute approximate surface area is 117 Å². The molecular formula is C15H29N3O. The van der Waals surface area contributed by atoms with Crippen molar-refractivity contribution in [1.82, 2.24) is 10.2 Å². The van der Waals surface area contributed by atoms with Gasteiger partial charge >= 0.3 is 0 Å². The van der Waals surface area contributed by atoms with E-state index in [1.165, 1.54) is 38.5 Å². The fourth-order valence-electron chi connectivity index (χ4n) is 3.72. The first kappa shape index (κ1) is 14.8. The number of carbonyl (C=O) groups is 1. The molecule has 0 atom stereocenters. The van der Waals surface area contributed by atoms with Crippen LogP contribution in [-0.2, 0) is 4.79 Å². The van der Waals surface area contributed by atoms with Gasteiger partial charge in [-0.1, -0.05) is 25.7 Å². The Morgan fingerprint density at radius 1 is 1.11 bits per heavy atom. The molecule has 2 aliphatic rings. The van der Waals surface area contributed by atoms with Crippen LogP contribution in [0, 0.1) is 0 Å². The molecule has 0 aromatic carbocycles. The van der Waals surface area contributed by atoms with Crippen molar-refractivity contribution in [2.24, 2.45) is 5.73 Å². The lowest BCUT2D eigenvalue weighted by Gasteiger charge is -2.36. The molecule has 110 valence electrons. The van der Waals surface area contributed by atoms with Crippen LogP contribution in [0.2, 0.25) is 0 Å². The molecule has 4 nitrogen and oxygen atoms in total. The van der Waals surface area contributed by atoms with Crippen molar-refractivity contribution in [3.8, 4) is 0 Å². The minimum absolute atomic E-state index is 0.137. The summed E-state index contributed by atoms with van der Waals surface area (Å²) in [4.78, 5) is 14.4. The topological polar surface area (TPSA) is 58.4 Å². The van der Waals surface area contributed by atoms with Crippen LogP contribution in [0.4, 0.5) is 0 Å². The summed E-state index contributed by atoms with van der Waals surface area (Å²) in [6.45, 7) is 0.773. The van der Waals surface area contributed by atoms with Crippen LogP contribution in [0.1, 0.15) is 57.8 Å². The molecule has 2 fully saturated rings. The SMILES string of the molecule is CN(C)C1(CNC(=O)CC2(N)CCCC2)CCCC1. The van der Waals surface area contributed by atoms with Crippen molar-refractivity contribution in [2.75, 3.05) is 20.6 Å². The van der Waals surface area contributed by atoms with Crippen LogP contribution >= 0.6 is 0 Å². The van der Waals surface area contributed by atoms with Gasteiger partial charge in [-0.15, -0.1) is 0 Å². The van der Waals surface area contributed by atoms with Gasteiger partial charge in [0.05, 0.1) is 0 Å². The molecule has 19 heavy (non-hydrogen) atoms. The molecule has 0 heterocycles. The van der Waals surface area contributed by atoms with Gasteiger partial charge in [-0.05, 0) is 39.8 Å². The molecule has 2 rings (SSSR count). The lowest BCUT2D eigenvalue weighted by atomic mass is 9.93. The van der Waals surface area contributed by atoms with E-state index in [2.05, 4.69) is 24.3 Å². The van der Waals surface area contributed by atoms with Gasteiger partial charge in [-0.3, -0.25) is 4.79 Å². The highest BCUT2D eigenvalue weighted by Gasteiger charge is 2.37. The number of nitrogens with one attached hydrogen (secondary N) is 1. The molecular weight excluding hydrogens is 238 g/mol. The minimum Gasteiger partial charge on any atom is -0.354 e. The first-order chi connectivity index (χ1) is 8.96. The zero-order chi connectivity index (χ0) is 13.9. The van der Waals surface area contributed by atoms with Crippen molar-refractivity contribution in [3.05, 3.63) is 0 Å². The highest BCUT2D eigenvalue weighted by atomic mass is 16.1. The van der Waals surface area contributed by atoms with Crippen molar-refractivity contribution in [1.29, 1.82) is 0 Å². The second kappa shape index (κ2) is 5.80. The summed E-state index contributed by atoms with van der Waals surface area (Å²) in [5.74, 6) is 0.137. The predicted octanol–water partition coefficient (Wildman–Crippen LogP) is 1.64. The third-order valence-corrected chi connectivity index (χ3v) is 5.21. The molecule has 0 radical (unpaired) electrons. The number of carbonyl (C=O) groups excluding carboxylic acids is 1. The molecule has 1 amide bonds. The van der Waals surface area contributed by atoms with E-state index in [1.54, 1.807) is 0 Å². The minimum atomic E-state index is -0.231. The van der Waals surface area contributed by atoms with E-state index in [1.807, 2.05) is 0 Å². The normalized spacial score (nSPS) is 24.8. The summed E-state index contributed by atoms with van der Waals surface area (Å²) in [5.41, 5.74) is 6.21. The maximum Gasteiger partial charge on any atom is 0.221 e. The van der Waals surface area contributed by atoms with Crippen LogP contribution in [0.5, 0.6) is 0 Å². The second-order valence-electron chi connectivity index (χ2n) is 6.85. The molecule has 0 bridgehead atoms. The summed E-state index contributed by atoms with van der Waals surface area (Å²) < 4.78 is 0. The molecule has 0 unspecified atom stereocenters. The van der Waals surface area contributed by atoms with E-state index in [9.17, 15) is 4.79 Å². The average molecular weight is 267 g/mol. The average Bonchev–Trinajstić information content (AvgIpc) is 2.96. The third-order valence-electron chi connectivity index (χ3n) is 5.21. The Balaban J connectivity index is 1.82. The van der Waals surface area contributed by atoms with Crippen LogP contribution < -0.4 is 11.1 Å². The number of likely N-dealkylation sites (N-methyl/N-ethyl adjacent to an activating group) is 1. The number of rotatable bonds is 5. The van der Waals surface area contributed by atoms with Gasteiger partial charge in [0.25, 0.3) is 0 Å². The zero-order valence-corrected chi connectivity index (χ0v) is 12.5. The summed E-state index contributed by atoms with van der Waals surface area (Å²) in [7, 11) is 4.25. The van der Waals surface area contributed by atoms with E-state index < -0.39 is 0 Å². The number of nitrogens with zero attached hydrogens (tertiary/aromatic N) is 1. The Hall–Kier alpha value is -0.610. The second-order valence-corrected chi connectivity index (χ2v) is 6.85. The Morgan fingerprint density at radius 2 is 1.63 bits per heavy atom. The molecule has 2 saturated carbocycles. The Bertz CT molecular complexity index is 315. The molecule has 3 N–H and O–H groups in total. The number of nitrogens with two attached hydrogens (primary N) is 1. The van der Waals surface area contributed by atoms with Gasteiger partial charge in [0.2, 0.25) is 5.91 Å². The number of amides is 1. The first-order valence-corrected chi connectivity index (χ1v) is 7.69. The summed E-state index contributed by atoms with van der Waals surface area (Å²) >= 11 is 0. The Kier molecular flexibility index (Phi) is 4.51. The summed E-state index contributed by atoms with van der Waals surface area (Å²) in [5, 5.41) is 3.14. The van der Waals surface area contributed by atoms with E-state index in [0.717, 1.165) is 19.4 Å². The van der Waals surface area contributed by atoms with Gasteiger partial charge in [-0.25, -0.2) is 0 Å². The Morgan fingerprint density at radius 3 is 2.16 bits per heavy atom. The zero-order valence-electron chi connectivity index (χ0n) is 12.5. The molecule has 2 aliphatic carbocycles. The van der Waals surface area contributed by atoms with E-state index >= 15 is 0 Å². The van der Waals surface area contributed by atoms with Crippen molar-refractivity contribution in [2.45, 2.75) is 68.9 Å². The first-order valence-electron chi connectivity index (χ1n) is 7.69. The summed E-state index contributed by atoms with van der Waals surface area (Å²) in [6, 6.07) is 0. The van der Waals surface area contributed by atoms with E-state index in [-0.39, 0.29) is 17.0 Å². The lowest BCUT2D eigenvalue weighted by molar-refractivity contribution is -0.122. The summed E-state index contributed by atoms with van der Waals surface area (Å²) in [6.07, 6.45) is 9.76. The van der Waals surface area contributed by atoms with Gasteiger partial charge in [-0.2, -0.15) is 0 Å². The quantitative estimate of drug-likeness (QED) is 0.796. The van der Waals surface area contributed by atoms with E-state index in [0.29, 0.717) is 6.42 Å². The maximum absolute atomic E-state index is 12.1. The van der Waals surface area contributed by atoms with E-state index in [4.69, 9.17) is 5.73 Å². The smallest absolute Gasteiger partial charge is 0.221 e. The van der Waals surface area contributed by atoms with Gasteiger partial charge < -0.3 is 16.0 Å². The van der Waals surface area contributed by atoms with Gasteiger partial charge in [0.1, 0.15) is 0 Å². The highest BCUT2D eigenvalue weighted by Crippen LogP contribution is 2.33. The van der Waals surface area contributed by atoms with Gasteiger partial charge in [0, 0.05) is 24.0 Å². The fourth-order valence-corrected chi connectivity index (χ4v) is 3.72. The number of hydrogen-bond donors (Lipinski definition) is 2. The maximum atomic E-state index is 12.1. The highest BCUT2D eigenvalue weighted by molar-refractivity contribution is 5.77. The standard InChI is InChI=1S/C15H29N3O/c1-18(2)15(9-5-6-10-15)12-17-13(19)11-14(16)7-3-4-8-14/h3-12,16H2,1-2H3,(H,17,19). The largest absolute Gasteiger partial charge is 0.354 e. The monoisotopic (exact) mass is 267 g/mol. The van der Waals surface area contributed by atoms with Gasteiger partial charge in [0.15, 0.2) is 0 Å². The predicted molar refractivity (Wildman–Crippen MR) is 77.9 cm³/mol. The fraction of sp³-hybridized carbons (Fsp3) is 0.933. The molecule has 0 aromatic heterocycles. The van der Waals surface area contributed by atoms with Crippen molar-refractivity contribution in [3.63, 3.8) is 0 Å². The third kappa shape index (κ3) is 3.48. The number of hydrogen-bond acceptors (Lipinski definition) is 3. The molecule has 0 saturated heterocycles. The molecule has 0 aromatic rings. The van der Waals surface area contributed by atoms with Crippen LogP contribution in [0.15, 0.2) is 0 Å². The van der Waals surface area contributed by atoms with Crippen LogP contribution in [0.25, 0.3) is 0 Å². The molecule has 0 spiro atoms. The van der Waals surface area contributed by atoms with Crippen LogP contribution in [0.3, 0.4) is 0 Å². The van der Waals surface area contributed by atoms with Crippen molar-refractivity contribution >= 4 is 5.91 Å². The van der Waals surface area contributed by atoms with Crippen LogP contribution in [-0.4, -0.2) is 42.5 Å². The molecule has 0 aliphatic heterocycles. The lowest BCUT2D eigenvalue weighted by Crippen LogP contribution is -2.52. The van der Waals surface area contributed by atoms with Crippen molar-refractivity contribution < 1.29 is 4.79 Å². The molecule has 4 heteroatoms.